The number of pyridine rings is 3. The standard InChI is InChI=1S/C16H15N3O2.C16H13N3O2/c1-17-16-6-4-12(10-19-16)21-15-7-8-18-14-9-11(20-2)3-5-13(14)15;1-18-15(14-9-5-6-10-17-14)13(11-20)16(21)19(18)12-7-3-2-4-8-12/h3-10H,1-2H3,(H,17,19);2-11H,1H3. The Morgan fingerprint density at radius 1 is 0.857 bits per heavy atom. The highest BCUT2D eigenvalue weighted by atomic mass is 16.5. The predicted octanol–water partition coefficient (Wildman–Crippen LogP) is 5.52. The Labute approximate surface area is 241 Å². The quantitative estimate of drug-likeness (QED) is 0.254. The van der Waals surface area contributed by atoms with Crippen LogP contribution < -0.4 is 20.3 Å². The SMILES string of the molecule is CNc1ccc(Oc2ccnc3cc(OC)ccc23)cn1.Cn1c(-c2ccccn2)c(C=O)c(=O)n1-c1ccccc1. The van der Waals surface area contributed by atoms with E-state index in [0.717, 1.165) is 28.2 Å². The monoisotopic (exact) mass is 560 g/mol. The van der Waals surface area contributed by atoms with Crippen LogP contribution in [-0.2, 0) is 7.05 Å². The van der Waals surface area contributed by atoms with Gasteiger partial charge in [0.25, 0.3) is 5.56 Å². The molecule has 0 aliphatic carbocycles. The Morgan fingerprint density at radius 3 is 2.31 bits per heavy atom. The first kappa shape index (κ1) is 27.8. The van der Waals surface area contributed by atoms with E-state index in [2.05, 4.69) is 20.3 Å². The maximum absolute atomic E-state index is 12.5. The van der Waals surface area contributed by atoms with E-state index >= 15 is 0 Å². The number of nitrogens with one attached hydrogen (secondary N) is 1. The number of aromatic nitrogens is 5. The van der Waals surface area contributed by atoms with E-state index in [1.165, 1.54) is 4.68 Å². The number of rotatable bonds is 7. The van der Waals surface area contributed by atoms with Crippen molar-refractivity contribution in [1.82, 2.24) is 24.3 Å². The normalized spacial score (nSPS) is 10.5. The van der Waals surface area contributed by atoms with Crippen LogP contribution in [0.15, 0.2) is 108 Å². The fraction of sp³-hybridized carbons (Fsp3) is 0.0938. The Bertz CT molecular complexity index is 1870. The number of hydrogen-bond donors (Lipinski definition) is 1. The second kappa shape index (κ2) is 12.6. The average Bonchev–Trinajstić information content (AvgIpc) is 3.31. The third kappa shape index (κ3) is 5.73. The van der Waals surface area contributed by atoms with Gasteiger partial charge < -0.3 is 14.8 Å². The third-order valence-electron chi connectivity index (χ3n) is 6.46. The van der Waals surface area contributed by atoms with Crippen LogP contribution in [0.2, 0.25) is 0 Å². The summed E-state index contributed by atoms with van der Waals surface area (Å²) in [5, 5.41) is 3.90. The highest BCUT2D eigenvalue weighted by Gasteiger charge is 2.20. The van der Waals surface area contributed by atoms with Gasteiger partial charge >= 0.3 is 0 Å². The lowest BCUT2D eigenvalue weighted by atomic mass is 10.2. The molecule has 2 aromatic carbocycles. The number of nitrogens with zero attached hydrogens (tertiary/aromatic N) is 5. The van der Waals surface area contributed by atoms with Crippen LogP contribution >= 0.6 is 0 Å². The molecule has 0 atom stereocenters. The number of para-hydroxylation sites is 1. The fourth-order valence-electron chi connectivity index (χ4n) is 4.43. The van der Waals surface area contributed by atoms with Crippen molar-refractivity contribution in [3.63, 3.8) is 0 Å². The lowest BCUT2D eigenvalue weighted by molar-refractivity contribution is 0.112. The van der Waals surface area contributed by atoms with Crippen molar-refractivity contribution in [2.75, 3.05) is 19.5 Å². The first-order valence-corrected chi connectivity index (χ1v) is 13.0. The summed E-state index contributed by atoms with van der Waals surface area (Å²) in [7, 11) is 5.20. The Balaban J connectivity index is 0.000000168. The fourth-order valence-corrected chi connectivity index (χ4v) is 4.43. The zero-order valence-corrected chi connectivity index (χ0v) is 23.3. The molecule has 1 N–H and O–H groups in total. The molecule has 10 heteroatoms. The molecule has 0 spiro atoms. The highest BCUT2D eigenvalue weighted by Crippen LogP contribution is 2.30. The molecule has 210 valence electrons. The summed E-state index contributed by atoms with van der Waals surface area (Å²) in [6, 6.07) is 25.8. The average molecular weight is 561 g/mol. The number of fused-ring (bicyclic) bond motifs is 1. The van der Waals surface area contributed by atoms with Gasteiger partial charge in [-0.15, -0.1) is 0 Å². The summed E-state index contributed by atoms with van der Waals surface area (Å²) in [5.74, 6) is 2.98. The van der Waals surface area contributed by atoms with E-state index in [4.69, 9.17) is 9.47 Å². The molecule has 0 saturated heterocycles. The highest BCUT2D eigenvalue weighted by molar-refractivity contribution is 5.86. The van der Waals surface area contributed by atoms with Crippen molar-refractivity contribution in [2.45, 2.75) is 0 Å². The Kier molecular flexibility index (Phi) is 8.34. The molecular weight excluding hydrogens is 532 g/mol. The molecule has 0 aliphatic heterocycles. The lowest BCUT2D eigenvalue weighted by Gasteiger charge is -2.09. The van der Waals surface area contributed by atoms with Gasteiger partial charge in [-0.05, 0) is 54.6 Å². The summed E-state index contributed by atoms with van der Waals surface area (Å²) in [6.07, 6.45) is 5.62. The van der Waals surface area contributed by atoms with Crippen LogP contribution in [0.4, 0.5) is 5.82 Å². The number of anilines is 1. The summed E-state index contributed by atoms with van der Waals surface area (Å²) in [5.41, 5.74) is 2.40. The molecule has 6 aromatic rings. The van der Waals surface area contributed by atoms with E-state index in [9.17, 15) is 9.59 Å². The summed E-state index contributed by atoms with van der Waals surface area (Å²) in [6.45, 7) is 0. The van der Waals surface area contributed by atoms with Crippen LogP contribution in [0.3, 0.4) is 0 Å². The van der Waals surface area contributed by atoms with Gasteiger partial charge in [0.2, 0.25) is 0 Å². The van der Waals surface area contributed by atoms with Crippen molar-refractivity contribution in [1.29, 1.82) is 0 Å². The van der Waals surface area contributed by atoms with Crippen molar-refractivity contribution in [2.24, 2.45) is 7.05 Å². The van der Waals surface area contributed by atoms with Crippen molar-refractivity contribution < 1.29 is 14.3 Å². The number of benzene rings is 2. The van der Waals surface area contributed by atoms with Crippen molar-refractivity contribution >= 4 is 23.0 Å². The summed E-state index contributed by atoms with van der Waals surface area (Å²) < 4.78 is 14.2. The summed E-state index contributed by atoms with van der Waals surface area (Å²) in [4.78, 5) is 36.7. The first-order valence-electron chi connectivity index (χ1n) is 13.0. The zero-order chi connectivity index (χ0) is 29.5. The number of ether oxygens (including phenoxy) is 2. The maximum atomic E-state index is 12.5. The van der Waals surface area contributed by atoms with Gasteiger partial charge in [-0.3, -0.25) is 24.2 Å². The van der Waals surface area contributed by atoms with E-state index in [1.54, 1.807) is 49.6 Å². The molecule has 0 amide bonds. The smallest absolute Gasteiger partial charge is 0.282 e. The van der Waals surface area contributed by atoms with E-state index in [0.29, 0.717) is 29.1 Å². The minimum atomic E-state index is -0.348. The molecule has 0 bridgehead atoms. The molecule has 0 fully saturated rings. The number of hydrogen-bond acceptors (Lipinski definition) is 8. The predicted molar refractivity (Wildman–Crippen MR) is 162 cm³/mol. The Morgan fingerprint density at radius 2 is 1.64 bits per heavy atom. The Hall–Kier alpha value is -5.77. The van der Waals surface area contributed by atoms with Gasteiger partial charge in [-0.2, -0.15) is 0 Å². The minimum Gasteiger partial charge on any atom is -0.497 e. The number of carbonyl (C=O) groups is 1. The summed E-state index contributed by atoms with van der Waals surface area (Å²) >= 11 is 0. The van der Waals surface area contributed by atoms with E-state index < -0.39 is 0 Å². The molecule has 0 unspecified atom stereocenters. The maximum Gasteiger partial charge on any atom is 0.282 e. The largest absolute Gasteiger partial charge is 0.497 e. The van der Waals surface area contributed by atoms with Crippen LogP contribution in [-0.4, -0.2) is 44.8 Å². The van der Waals surface area contributed by atoms with Crippen LogP contribution in [0.5, 0.6) is 17.2 Å². The minimum absolute atomic E-state index is 0.111. The molecule has 0 aliphatic rings. The topological polar surface area (TPSA) is 113 Å². The van der Waals surface area contributed by atoms with Crippen molar-refractivity contribution in [3.05, 3.63) is 119 Å². The van der Waals surface area contributed by atoms with Gasteiger partial charge in [0.1, 0.15) is 28.6 Å². The van der Waals surface area contributed by atoms with Gasteiger partial charge in [0, 0.05) is 37.9 Å². The molecule has 42 heavy (non-hydrogen) atoms. The molecule has 10 nitrogen and oxygen atoms in total. The first-order chi connectivity index (χ1) is 20.5. The molecule has 6 rings (SSSR count). The number of aldehydes is 1. The van der Waals surface area contributed by atoms with Crippen LogP contribution in [0, 0.1) is 0 Å². The number of methoxy groups -OCH3 is 1. The van der Waals surface area contributed by atoms with E-state index in [1.807, 2.05) is 79.8 Å². The van der Waals surface area contributed by atoms with E-state index in [-0.39, 0.29) is 11.1 Å². The second-order valence-electron chi connectivity index (χ2n) is 8.99. The van der Waals surface area contributed by atoms with Gasteiger partial charge in [0.05, 0.1) is 35.9 Å². The van der Waals surface area contributed by atoms with Gasteiger partial charge in [0.15, 0.2) is 6.29 Å². The lowest BCUT2D eigenvalue weighted by Crippen LogP contribution is -2.20. The van der Waals surface area contributed by atoms with Gasteiger partial charge in [-0.1, -0.05) is 24.3 Å². The number of carbonyl (C=O) groups excluding carboxylic acids is 1. The van der Waals surface area contributed by atoms with Crippen LogP contribution in [0.25, 0.3) is 28.0 Å². The molecular formula is C32H28N6O4. The second-order valence-corrected chi connectivity index (χ2v) is 8.99. The molecule has 4 aromatic heterocycles. The van der Waals surface area contributed by atoms with Gasteiger partial charge in [-0.25, -0.2) is 9.67 Å². The van der Waals surface area contributed by atoms with Crippen molar-refractivity contribution in [3.8, 4) is 34.3 Å². The molecule has 0 saturated carbocycles. The molecule has 0 radical (unpaired) electrons. The van der Waals surface area contributed by atoms with Crippen LogP contribution in [0.1, 0.15) is 10.4 Å². The zero-order valence-electron chi connectivity index (χ0n) is 23.3. The molecule has 4 heterocycles. The third-order valence-corrected chi connectivity index (χ3v) is 6.46.